The summed E-state index contributed by atoms with van der Waals surface area (Å²) >= 11 is 0. The van der Waals surface area contributed by atoms with E-state index in [-0.39, 0.29) is 30.6 Å². The van der Waals surface area contributed by atoms with E-state index in [2.05, 4.69) is 0 Å². The zero-order chi connectivity index (χ0) is 28.4. The van der Waals surface area contributed by atoms with Crippen LogP contribution in [0.2, 0.25) is 0 Å². The Morgan fingerprint density at radius 3 is 2.36 bits per heavy atom. The molecule has 0 spiro atoms. The van der Waals surface area contributed by atoms with E-state index in [0.717, 1.165) is 38.5 Å². The Morgan fingerprint density at radius 2 is 1.74 bits per heavy atom. The lowest BCUT2D eigenvalue weighted by Crippen LogP contribution is -2.42. The summed E-state index contributed by atoms with van der Waals surface area (Å²) in [4.78, 5) is 39.2. The zero-order valence-electron chi connectivity index (χ0n) is 23.8. The quantitative estimate of drug-likeness (QED) is 0.126. The summed E-state index contributed by atoms with van der Waals surface area (Å²) in [5.74, 6) is -1.61. The van der Waals surface area contributed by atoms with E-state index in [4.69, 9.17) is 9.26 Å². The molecule has 2 fully saturated rings. The Bertz CT molecular complexity index is 992. The Hall–Kier alpha value is -2.18. The van der Waals surface area contributed by atoms with Gasteiger partial charge in [0, 0.05) is 25.0 Å². The zero-order valence-corrected chi connectivity index (χ0v) is 24.7. The van der Waals surface area contributed by atoms with Crippen molar-refractivity contribution >= 4 is 25.2 Å². The summed E-state index contributed by atoms with van der Waals surface area (Å²) in [6.45, 7) is 5.68. The van der Waals surface area contributed by atoms with Crippen molar-refractivity contribution in [3.8, 4) is 0 Å². The number of amides is 1. The maximum absolute atomic E-state index is 14.2. The SMILES string of the molecule is CCC(=O)OC(OP(=O)(CCCCc1ccccc1)CC(=O)N1C[C@@H](C2CCCCC2)C[C@H]1C(=O)O)C(C)C. The Morgan fingerprint density at radius 1 is 1.05 bits per heavy atom. The number of rotatable bonds is 14. The van der Waals surface area contributed by atoms with Gasteiger partial charge in [-0.3, -0.25) is 18.7 Å². The number of unbranched alkanes of at least 4 members (excludes halogenated alkanes) is 1. The smallest absolute Gasteiger partial charge is 0.326 e. The second-order valence-electron chi connectivity index (χ2n) is 11.5. The van der Waals surface area contributed by atoms with Crippen molar-refractivity contribution in [3.63, 3.8) is 0 Å². The highest BCUT2D eigenvalue weighted by atomic mass is 31.2. The number of likely N-dealkylation sites (tertiary alicyclic amines) is 1. The van der Waals surface area contributed by atoms with Crippen LogP contribution in [0.3, 0.4) is 0 Å². The van der Waals surface area contributed by atoms with Gasteiger partial charge >= 0.3 is 11.9 Å². The lowest BCUT2D eigenvalue weighted by atomic mass is 9.79. The maximum Gasteiger partial charge on any atom is 0.326 e. The third kappa shape index (κ3) is 9.46. The monoisotopic (exact) mass is 563 g/mol. The predicted octanol–water partition coefficient (Wildman–Crippen LogP) is 6.12. The number of benzene rings is 1. The highest BCUT2D eigenvalue weighted by molar-refractivity contribution is 7.59. The third-order valence-electron chi connectivity index (χ3n) is 8.07. The van der Waals surface area contributed by atoms with Crippen LogP contribution in [0.15, 0.2) is 30.3 Å². The van der Waals surface area contributed by atoms with Crippen molar-refractivity contribution < 1.29 is 33.3 Å². The third-order valence-corrected chi connectivity index (χ3v) is 10.4. The summed E-state index contributed by atoms with van der Waals surface area (Å²) < 4.78 is 25.7. The second kappa shape index (κ2) is 15.0. The second-order valence-corrected chi connectivity index (χ2v) is 14.1. The highest BCUT2D eigenvalue weighted by Crippen LogP contribution is 2.51. The molecule has 3 rings (SSSR count). The van der Waals surface area contributed by atoms with Gasteiger partial charge in [-0.25, -0.2) is 4.79 Å². The van der Waals surface area contributed by atoms with Gasteiger partial charge in [0.05, 0.1) is 0 Å². The summed E-state index contributed by atoms with van der Waals surface area (Å²) in [5.41, 5.74) is 1.18. The fourth-order valence-corrected chi connectivity index (χ4v) is 8.10. The molecule has 1 aromatic rings. The van der Waals surface area contributed by atoms with Crippen molar-refractivity contribution in [2.24, 2.45) is 17.8 Å². The lowest BCUT2D eigenvalue weighted by molar-refractivity contribution is -0.169. The maximum atomic E-state index is 14.2. The average Bonchev–Trinajstić information content (AvgIpc) is 3.38. The van der Waals surface area contributed by atoms with Crippen molar-refractivity contribution in [3.05, 3.63) is 35.9 Å². The first-order valence-corrected chi connectivity index (χ1v) is 16.6. The number of aryl methyl sites for hydroxylation is 1. The number of esters is 1. The fraction of sp³-hybridized carbons (Fsp3) is 0.700. The predicted molar refractivity (Wildman–Crippen MR) is 151 cm³/mol. The van der Waals surface area contributed by atoms with E-state index in [0.29, 0.717) is 25.3 Å². The first-order valence-electron chi connectivity index (χ1n) is 14.6. The van der Waals surface area contributed by atoms with E-state index in [9.17, 15) is 24.1 Å². The molecule has 0 radical (unpaired) electrons. The van der Waals surface area contributed by atoms with Crippen molar-refractivity contribution in [2.45, 2.75) is 97.3 Å². The standard InChI is InChI=1S/C30H46NO7P/c1-4-28(33)37-30(22(2)3)38-39(36,18-12-11-15-23-13-7-5-8-14-23)21-27(32)31-20-25(19-26(31)29(34)35)24-16-9-6-10-17-24/h5,7-8,13-14,22,24-26,30H,4,6,9-12,15-21H2,1-3H3,(H,34,35)/t25-,26-,30?,39?/m0/s1. The van der Waals surface area contributed by atoms with Gasteiger partial charge in [0.15, 0.2) is 0 Å². The highest BCUT2D eigenvalue weighted by Gasteiger charge is 2.44. The van der Waals surface area contributed by atoms with Crippen LogP contribution in [0.1, 0.15) is 84.1 Å². The van der Waals surface area contributed by atoms with Gasteiger partial charge in [0.1, 0.15) is 12.2 Å². The van der Waals surface area contributed by atoms with Crippen LogP contribution in [0, 0.1) is 17.8 Å². The fourth-order valence-electron chi connectivity index (χ4n) is 5.80. The lowest BCUT2D eigenvalue weighted by Gasteiger charge is -2.30. The molecule has 2 unspecified atom stereocenters. The molecule has 1 saturated carbocycles. The number of hydrogen-bond donors (Lipinski definition) is 1. The van der Waals surface area contributed by atoms with Gasteiger partial charge in [0.2, 0.25) is 19.6 Å². The number of aliphatic carboxylic acids is 1. The van der Waals surface area contributed by atoms with Crippen LogP contribution >= 0.6 is 7.37 Å². The first-order chi connectivity index (χ1) is 18.6. The van der Waals surface area contributed by atoms with E-state index in [1.54, 1.807) is 6.92 Å². The molecule has 1 heterocycles. The minimum atomic E-state index is -3.60. The number of carboxylic acid groups (broad SMARTS) is 1. The molecule has 0 aromatic heterocycles. The van der Waals surface area contributed by atoms with E-state index in [1.165, 1.54) is 16.9 Å². The summed E-state index contributed by atoms with van der Waals surface area (Å²) in [5, 5.41) is 9.92. The summed E-state index contributed by atoms with van der Waals surface area (Å²) in [6.07, 6.45) is 7.12. The number of carbonyl (C=O) groups is 3. The van der Waals surface area contributed by atoms with Crippen molar-refractivity contribution in [1.82, 2.24) is 4.90 Å². The van der Waals surface area contributed by atoms with Crippen LogP contribution in [0.4, 0.5) is 0 Å². The first kappa shape index (κ1) is 31.3. The number of carboxylic acids is 1. The molecule has 1 N–H and O–H groups in total. The van der Waals surface area contributed by atoms with Gasteiger partial charge in [-0.2, -0.15) is 0 Å². The molecule has 1 amide bonds. The molecule has 2 aliphatic rings. The van der Waals surface area contributed by atoms with Crippen LogP contribution in [0.5, 0.6) is 0 Å². The van der Waals surface area contributed by atoms with Gasteiger partial charge in [-0.15, -0.1) is 0 Å². The molecule has 1 aromatic carbocycles. The summed E-state index contributed by atoms with van der Waals surface area (Å²) in [7, 11) is -3.60. The number of ether oxygens (including phenoxy) is 1. The van der Waals surface area contributed by atoms with Crippen LogP contribution in [-0.4, -0.2) is 59.1 Å². The van der Waals surface area contributed by atoms with Gasteiger partial charge < -0.3 is 14.7 Å². The van der Waals surface area contributed by atoms with Gasteiger partial charge in [0.25, 0.3) is 0 Å². The Kier molecular flexibility index (Phi) is 12.1. The molecule has 1 saturated heterocycles. The van der Waals surface area contributed by atoms with Crippen molar-refractivity contribution in [1.29, 1.82) is 0 Å². The van der Waals surface area contributed by atoms with Gasteiger partial charge in [-0.1, -0.05) is 83.2 Å². The van der Waals surface area contributed by atoms with Crippen LogP contribution in [0.25, 0.3) is 0 Å². The number of hydrogen-bond acceptors (Lipinski definition) is 6. The molecule has 39 heavy (non-hydrogen) atoms. The minimum absolute atomic E-state index is 0.149. The molecular formula is C30H46NO7P. The normalized spacial score (nSPS) is 22.4. The largest absolute Gasteiger partial charge is 0.480 e. The van der Waals surface area contributed by atoms with Crippen LogP contribution < -0.4 is 0 Å². The Balaban J connectivity index is 1.73. The summed E-state index contributed by atoms with van der Waals surface area (Å²) in [6, 6.07) is 9.10. The van der Waals surface area contributed by atoms with Crippen molar-refractivity contribution in [2.75, 3.05) is 18.9 Å². The number of nitrogens with zero attached hydrogens (tertiary/aromatic N) is 1. The molecule has 0 bridgehead atoms. The molecule has 1 aliphatic carbocycles. The molecule has 1 aliphatic heterocycles. The molecule has 218 valence electrons. The molecule has 9 heteroatoms. The average molecular weight is 564 g/mol. The number of carbonyl (C=O) groups excluding carboxylic acids is 2. The molecule has 4 atom stereocenters. The topological polar surface area (TPSA) is 110 Å². The van der Waals surface area contributed by atoms with E-state index >= 15 is 0 Å². The van der Waals surface area contributed by atoms with E-state index in [1.807, 2.05) is 44.2 Å². The van der Waals surface area contributed by atoms with E-state index < -0.39 is 37.5 Å². The minimum Gasteiger partial charge on any atom is -0.480 e. The molecular weight excluding hydrogens is 517 g/mol. The van der Waals surface area contributed by atoms with Gasteiger partial charge in [-0.05, 0) is 43.1 Å². The Labute approximate surface area is 233 Å². The van der Waals surface area contributed by atoms with Crippen LogP contribution in [-0.2, 0) is 34.6 Å². The molecule has 8 nitrogen and oxygen atoms in total.